The lowest BCUT2D eigenvalue weighted by molar-refractivity contribution is -0.0891. The number of aliphatic hydroxyl groups excluding tert-OH is 1. The van der Waals surface area contributed by atoms with Gasteiger partial charge in [0.15, 0.2) is 0 Å². The molecule has 3 aromatic rings. The first-order valence-electron chi connectivity index (χ1n) is 11.3. The Hall–Kier alpha value is -2.79. The molecule has 0 spiro atoms. The summed E-state index contributed by atoms with van der Waals surface area (Å²) in [5.74, 6) is 0.732. The summed E-state index contributed by atoms with van der Waals surface area (Å²) in [6, 6.07) is 14.0. The van der Waals surface area contributed by atoms with E-state index >= 15 is 0 Å². The van der Waals surface area contributed by atoms with Crippen molar-refractivity contribution in [1.29, 1.82) is 0 Å². The van der Waals surface area contributed by atoms with Crippen LogP contribution >= 0.6 is 0 Å². The molecule has 1 aliphatic rings. The van der Waals surface area contributed by atoms with Gasteiger partial charge >= 0.3 is 0 Å². The van der Waals surface area contributed by atoms with Gasteiger partial charge in [0.1, 0.15) is 11.4 Å². The summed E-state index contributed by atoms with van der Waals surface area (Å²) in [4.78, 5) is 0.242. The minimum absolute atomic E-state index is 0.115. The maximum absolute atomic E-state index is 12.9. The number of nitrogens with zero attached hydrogens (tertiary/aromatic N) is 3. The Morgan fingerprint density at radius 1 is 1.18 bits per heavy atom. The van der Waals surface area contributed by atoms with Gasteiger partial charge < -0.3 is 14.6 Å². The fourth-order valence-corrected chi connectivity index (χ4v) is 5.81. The van der Waals surface area contributed by atoms with Crippen LogP contribution in [0.15, 0.2) is 59.6 Å². The van der Waals surface area contributed by atoms with Crippen molar-refractivity contribution in [3.8, 4) is 17.0 Å². The van der Waals surface area contributed by atoms with Crippen LogP contribution in [0.2, 0.25) is 0 Å². The number of sulfonamides is 1. The molecule has 2 heterocycles. The number of ether oxygens (including phenoxy) is 2. The van der Waals surface area contributed by atoms with Crippen molar-refractivity contribution in [3.05, 3.63) is 60.3 Å². The highest BCUT2D eigenvalue weighted by atomic mass is 32.2. The van der Waals surface area contributed by atoms with Crippen molar-refractivity contribution in [2.75, 3.05) is 13.7 Å². The third-order valence-electron chi connectivity index (χ3n) is 6.09. The Morgan fingerprint density at radius 3 is 2.71 bits per heavy atom. The Kier molecular flexibility index (Phi) is 7.62. The lowest BCUT2D eigenvalue weighted by atomic mass is 9.98. The van der Waals surface area contributed by atoms with Gasteiger partial charge in [-0.25, -0.2) is 13.1 Å². The van der Waals surface area contributed by atoms with Gasteiger partial charge in [0.25, 0.3) is 0 Å². The number of hydrogen-bond acceptors (Lipinski definition) is 7. The van der Waals surface area contributed by atoms with Crippen LogP contribution in [-0.2, 0) is 21.3 Å². The van der Waals surface area contributed by atoms with E-state index in [4.69, 9.17) is 9.47 Å². The molecule has 2 N–H and O–H groups in total. The van der Waals surface area contributed by atoms with Gasteiger partial charge in [-0.1, -0.05) is 35.5 Å². The molecule has 1 aliphatic heterocycles. The predicted molar refractivity (Wildman–Crippen MR) is 127 cm³/mol. The van der Waals surface area contributed by atoms with Crippen LogP contribution in [0, 0.1) is 6.92 Å². The molecule has 0 radical (unpaired) electrons. The highest BCUT2D eigenvalue weighted by Crippen LogP contribution is 2.28. The number of aromatic nitrogens is 3. The zero-order valence-electron chi connectivity index (χ0n) is 19.3. The molecule has 34 heavy (non-hydrogen) atoms. The minimum atomic E-state index is -3.71. The number of methoxy groups -OCH3 is 1. The monoisotopic (exact) mass is 486 g/mol. The van der Waals surface area contributed by atoms with Gasteiger partial charge in [-0.05, 0) is 49.9 Å². The molecule has 0 aliphatic carbocycles. The third-order valence-corrected chi connectivity index (χ3v) is 7.74. The van der Waals surface area contributed by atoms with Crippen LogP contribution in [0.1, 0.15) is 24.8 Å². The van der Waals surface area contributed by atoms with Crippen LogP contribution in [0.5, 0.6) is 5.75 Å². The fourth-order valence-electron chi connectivity index (χ4n) is 4.26. The molecule has 1 aromatic heterocycles. The number of rotatable bonds is 9. The third kappa shape index (κ3) is 5.47. The number of hydrogen-bond donors (Lipinski definition) is 2. The molecular weight excluding hydrogens is 456 g/mol. The molecule has 0 bridgehead atoms. The number of benzene rings is 2. The molecule has 3 atom stereocenters. The summed E-state index contributed by atoms with van der Waals surface area (Å²) >= 11 is 0. The number of nitrogens with one attached hydrogen (secondary N) is 1. The molecule has 1 fully saturated rings. The van der Waals surface area contributed by atoms with Crippen molar-refractivity contribution >= 4 is 10.0 Å². The first kappa shape index (κ1) is 24.3. The van der Waals surface area contributed by atoms with Gasteiger partial charge in [-0.2, -0.15) is 0 Å². The molecule has 0 unspecified atom stereocenters. The van der Waals surface area contributed by atoms with Crippen LogP contribution < -0.4 is 9.46 Å². The van der Waals surface area contributed by atoms with Crippen LogP contribution in [-0.4, -0.2) is 60.5 Å². The van der Waals surface area contributed by atoms with Crippen LogP contribution in [0.3, 0.4) is 0 Å². The fraction of sp³-hybridized carbons (Fsp3) is 0.417. The maximum Gasteiger partial charge on any atom is 0.241 e. The molecule has 9 nitrogen and oxygen atoms in total. The Labute approximate surface area is 199 Å². The van der Waals surface area contributed by atoms with Crippen molar-refractivity contribution in [2.24, 2.45) is 0 Å². The van der Waals surface area contributed by atoms with Gasteiger partial charge in [-0.3, -0.25) is 4.68 Å². The Bertz CT molecular complexity index is 1210. The highest BCUT2D eigenvalue weighted by molar-refractivity contribution is 7.89. The van der Waals surface area contributed by atoms with E-state index in [-0.39, 0.29) is 17.6 Å². The summed E-state index contributed by atoms with van der Waals surface area (Å²) in [5.41, 5.74) is 2.26. The van der Waals surface area contributed by atoms with Gasteiger partial charge in [0.05, 0.1) is 43.1 Å². The quantitative estimate of drug-likeness (QED) is 0.478. The summed E-state index contributed by atoms with van der Waals surface area (Å²) in [6.07, 6.45) is 3.05. The molecule has 1 saturated heterocycles. The van der Waals surface area contributed by atoms with E-state index in [0.29, 0.717) is 31.4 Å². The van der Waals surface area contributed by atoms with E-state index in [2.05, 4.69) is 15.0 Å². The van der Waals surface area contributed by atoms with E-state index in [1.165, 1.54) is 0 Å². The molecule has 0 amide bonds. The Balaban J connectivity index is 1.35. The molecule has 0 saturated carbocycles. The zero-order chi connectivity index (χ0) is 24.1. The molecule has 10 heteroatoms. The normalized spacial score (nSPS) is 20.9. The number of aryl methyl sites for hydroxylation is 2. The molecule has 2 aromatic carbocycles. The summed E-state index contributed by atoms with van der Waals surface area (Å²) < 4.78 is 41.7. The van der Waals surface area contributed by atoms with Gasteiger partial charge in [0.2, 0.25) is 10.0 Å². The molecule has 182 valence electrons. The number of para-hydroxylation sites is 1. The largest absolute Gasteiger partial charge is 0.496 e. The zero-order valence-corrected chi connectivity index (χ0v) is 20.1. The van der Waals surface area contributed by atoms with Crippen LogP contribution in [0.4, 0.5) is 0 Å². The van der Waals surface area contributed by atoms with Crippen LogP contribution in [0.25, 0.3) is 11.3 Å². The van der Waals surface area contributed by atoms with Crippen molar-refractivity contribution in [2.45, 2.75) is 55.9 Å². The maximum atomic E-state index is 12.9. The van der Waals surface area contributed by atoms with E-state index in [1.54, 1.807) is 43.0 Å². The minimum Gasteiger partial charge on any atom is -0.496 e. The van der Waals surface area contributed by atoms with Crippen molar-refractivity contribution < 1.29 is 23.0 Å². The number of aliphatic hydroxyl groups is 1. The van der Waals surface area contributed by atoms with E-state index < -0.39 is 22.2 Å². The van der Waals surface area contributed by atoms with Gasteiger partial charge in [0, 0.05) is 12.1 Å². The Morgan fingerprint density at radius 2 is 1.94 bits per heavy atom. The van der Waals surface area contributed by atoms with Crippen molar-refractivity contribution in [1.82, 2.24) is 19.7 Å². The standard InChI is InChI=1S/C24H30N4O5S/c1-17-7-3-6-10-24(17)34(30,31)26-20-12-11-18(33-23(20)16-29)13-14-28-15-21(25-27-28)19-8-4-5-9-22(19)32-2/h3-10,15,18,20,23,26,29H,11-14,16H2,1-2H3/t18-,20+,23+/m1/s1. The predicted octanol–water partition coefficient (Wildman–Crippen LogP) is 2.54. The lowest BCUT2D eigenvalue weighted by Crippen LogP contribution is -2.51. The summed E-state index contributed by atoms with van der Waals surface area (Å²) in [6.45, 7) is 2.08. The first-order chi connectivity index (χ1) is 16.4. The second kappa shape index (κ2) is 10.6. The van der Waals surface area contributed by atoms with E-state index in [0.717, 1.165) is 17.0 Å². The average molecular weight is 487 g/mol. The first-order valence-corrected chi connectivity index (χ1v) is 12.8. The molecule has 4 rings (SSSR count). The lowest BCUT2D eigenvalue weighted by Gasteiger charge is -2.36. The SMILES string of the molecule is COc1ccccc1-c1cn(CC[C@H]2CC[C@H](NS(=O)(=O)c3ccccc3C)[C@H](CO)O2)nn1. The second-order valence-corrected chi connectivity index (χ2v) is 10.1. The summed E-state index contributed by atoms with van der Waals surface area (Å²) in [7, 11) is -2.09. The van der Waals surface area contributed by atoms with E-state index in [9.17, 15) is 13.5 Å². The second-order valence-electron chi connectivity index (χ2n) is 8.41. The van der Waals surface area contributed by atoms with E-state index in [1.807, 2.05) is 30.5 Å². The average Bonchev–Trinajstić information content (AvgIpc) is 3.32. The van der Waals surface area contributed by atoms with Crippen molar-refractivity contribution in [3.63, 3.8) is 0 Å². The molecular formula is C24H30N4O5S. The smallest absolute Gasteiger partial charge is 0.241 e. The highest BCUT2D eigenvalue weighted by Gasteiger charge is 2.34. The summed E-state index contributed by atoms with van der Waals surface area (Å²) in [5, 5.41) is 18.3. The topological polar surface area (TPSA) is 116 Å². The van der Waals surface area contributed by atoms with Gasteiger partial charge in [-0.15, -0.1) is 5.10 Å².